The molecule has 0 saturated heterocycles. The van der Waals surface area contributed by atoms with E-state index in [0.717, 1.165) is 42.6 Å². The van der Waals surface area contributed by atoms with E-state index in [0.29, 0.717) is 0 Å². The Kier molecular flexibility index (Phi) is 8.99. The van der Waals surface area contributed by atoms with Crippen molar-refractivity contribution in [1.29, 1.82) is 0 Å². The van der Waals surface area contributed by atoms with Crippen molar-refractivity contribution in [2.45, 2.75) is 58.0 Å². The number of rotatable bonds is 11. The summed E-state index contributed by atoms with van der Waals surface area (Å²) in [5.41, 5.74) is 3.54. The Morgan fingerprint density at radius 1 is 1.00 bits per heavy atom. The van der Waals surface area contributed by atoms with Crippen molar-refractivity contribution in [1.82, 2.24) is 0 Å². The van der Waals surface area contributed by atoms with Gasteiger partial charge in [-0.2, -0.15) is 0 Å². The quantitative estimate of drug-likeness (QED) is 0.499. The highest BCUT2D eigenvalue weighted by Crippen LogP contribution is 2.22. The van der Waals surface area contributed by atoms with Gasteiger partial charge >= 0.3 is 0 Å². The smallest absolute Gasteiger partial charge is 0.118 e. The van der Waals surface area contributed by atoms with Crippen molar-refractivity contribution in [2.24, 2.45) is 0 Å². The number of aliphatic hydroxyl groups excluding tert-OH is 1. The van der Waals surface area contributed by atoms with Gasteiger partial charge in [0.2, 0.25) is 0 Å². The van der Waals surface area contributed by atoms with Crippen molar-refractivity contribution in [3.63, 3.8) is 0 Å². The summed E-state index contributed by atoms with van der Waals surface area (Å²) < 4.78 is 5.23. The molecule has 1 unspecified atom stereocenters. The Balaban J connectivity index is 2.03. The summed E-state index contributed by atoms with van der Waals surface area (Å²) in [6.07, 6.45) is 9.24. The molecule has 0 spiro atoms. The summed E-state index contributed by atoms with van der Waals surface area (Å²) in [6, 6.07) is 18.4. The Morgan fingerprint density at radius 3 is 2.38 bits per heavy atom. The van der Waals surface area contributed by atoms with Gasteiger partial charge in [-0.3, -0.25) is 0 Å². The van der Waals surface area contributed by atoms with Crippen LogP contribution in [0, 0.1) is 0 Å². The Hall–Kier alpha value is -2.06. The van der Waals surface area contributed by atoms with Crippen LogP contribution >= 0.6 is 0 Å². The van der Waals surface area contributed by atoms with E-state index in [1.165, 1.54) is 24.8 Å². The molecular formula is C24H32O2. The molecule has 0 aromatic heterocycles. The number of unbranched alkanes of at least 4 members (excludes halogenated alkanes) is 3. The SMILES string of the molecule is CCCCCCC(=Cc1ccc(OC)cc1)C(O)CCc1ccccc1. The molecule has 0 radical (unpaired) electrons. The second kappa shape index (κ2) is 11.5. The molecule has 0 aliphatic carbocycles. The van der Waals surface area contributed by atoms with Crippen LogP contribution < -0.4 is 4.74 Å². The Labute approximate surface area is 158 Å². The van der Waals surface area contributed by atoms with Crippen LogP contribution in [0.4, 0.5) is 0 Å². The van der Waals surface area contributed by atoms with E-state index in [-0.39, 0.29) is 6.10 Å². The van der Waals surface area contributed by atoms with Gasteiger partial charge in [-0.05, 0) is 54.5 Å². The molecule has 0 aliphatic heterocycles. The van der Waals surface area contributed by atoms with Gasteiger partial charge in [0.15, 0.2) is 0 Å². The lowest BCUT2D eigenvalue weighted by Gasteiger charge is -2.16. The summed E-state index contributed by atoms with van der Waals surface area (Å²) in [5, 5.41) is 10.8. The number of ether oxygens (including phenoxy) is 1. The second-order valence-electron chi connectivity index (χ2n) is 6.84. The average Bonchev–Trinajstić information content (AvgIpc) is 2.69. The maximum atomic E-state index is 10.8. The fourth-order valence-corrected chi connectivity index (χ4v) is 3.14. The normalized spacial score (nSPS) is 12.8. The predicted octanol–water partition coefficient (Wildman–Crippen LogP) is 6.04. The van der Waals surface area contributed by atoms with Gasteiger partial charge in [0.25, 0.3) is 0 Å². The maximum absolute atomic E-state index is 10.8. The van der Waals surface area contributed by atoms with Crippen molar-refractivity contribution in [3.8, 4) is 5.75 Å². The molecule has 0 saturated carbocycles. The van der Waals surface area contributed by atoms with E-state index in [4.69, 9.17) is 4.74 Å². The summed E-state index contributed by atoms with van der Waals surface area (Å²) in [6.45, 7) is 2.23. The highest BCUT2D eigenvalue weighted by atomic mass is 16.5. The summed E-state index contributed by atoms with van der Waals surface area (Å²) in [4.78, 5) is 0. The van der Waals surface area contributed by atoms with Gasteiger partial charge in [0.1, 0.15) is 5.75 Å². The summed E-state index contributed by atoms with van der Waals surface area (Å²) >= 11 is 0. The van der Waals surface area contributed by atoms with E-state index < -0.39 is 0 Å². The van der Waals surface area contributed by atoms with Crippen molar-refractivity contribution < 1.29 is 9.84 Å². The minimum atomic E-state index is -0.390. The third-order valence-corrected chi connectivity index (χ3v) is 4.76. The van der Waals surface area contributed by atoms with Gasteiger partial charge in [-0.1, -0.05) is 74.7 Å². The topological polar surface area (TPSA) is 29.5 Å². The van der Waals surface area contributed by atoms with Crippen molar-refractivity contribution >= 4 is 6.08 Å². The summed E-state index contributed by atoms with van der Waals surface area (Å²) in [7, 11) is 1.68. The molecule has 2 rings (SSSR count). The average molecular weight is 353 g/mol. The minimum Gasteiger partial charge on any atom is -0.497 e. The zero-order valence-electron chi connectivity index (χ0n) is 16.2. The van der Waals surface area contributed by atoms with Crippen LogP contribution in [0.5, 0.6) is 5.75 Å². The molecule has 0 bridgehead atoms. The molecule has 0 aliphatic rings. The molecule has 2 aromatic carbocycles. The fraction of sp³-hybridized carbons (Fsp3) is 0.417. The largest absolute Gasteiger partial charge is 0.497 e. The molecule has 26 heavy (non-hydrogen) atoms. The number of methoxy groups -OCH3 is 1. The van der Waals surface area contributed by atoms with E-state index >= 15 is 0 Å². The van der Waals surface area contributed by atoms with Crippen LogP contribution in [0.1, 0.15) is 56.6 Å². The first kappa shape index (κ1) is 20.3. The molecule has 2 heteroatoms. The van der Waals surface area contributed by atoms with Gasteiger partial charge < -0.3 is 9.84 Å². The molecule has 1 atom stereocenters. The standard InChI is InChI=1S/C24H32O2/c1-3-4-5-9-12-22(19-21-13-16-23(26-2)17-14-21)24(25)18-15-20-10-7-6-8-11-20/h6-8,10-11,13-14,16-17,19,24-25H,3-5,9,12,15,18H2,1-2H3. The molecule has 0 amide bonds. The van der Waals surface area contributed by atoms with E-state index in [9.17, 15) is 5.11 Å². The number of hydrogen-bond donors (Lipinski definition) is 1. The Morgan fingerprint density at radius 2 is 1.73 bits per heavy atom. The molecule has 2 nitrogen and oxygen atoms in total. The number of aliphatic hydroxyl groups is 1. The number of hydrogen-bond acceptors (Lipinski definition) is 2. The number of benzene rings is 2. The summed E-state index contributed by atoms with van der Waals surface area (Å²) in [5.74, 6) is 0.858. The predicted molar refractivity (Wildman–Crippen MR) is 110 cm³/mol. The third-order valence-electron chi connectivity index (χ3n) is 4.76. The van der Waals surface area contributed by atoms with Crippen molar-refractivity contribution in [2.75, 3.05) is 7.11 Å². The lowest BCUT2D eigenvalue weighted by atomic mass is 9.95. The van der Waals surface area contributed by atoms with Crippen molar-refractivity contribution in [3.05, 3.63) is 71.3 Å². The van der Waals surface area contributed by atoms with E-state index in [1.807, 2.05) is 18.2 Å². The van der Waals surface area contributed by atoms with Gasteiger partial charge in [0, 0.05) is 0 Å². The van der Waals surface area contributed by atoms with Crippen LogP contribution in [0.25, 0.3) is 6.08 Å². The monoisotopic (exact) mass is 352 g/mol. The van der Waals surface area contributed by atoms with Crippen LogP contribution in [-0.4, -0.2) is 18.3 Å². The Bertz CT molecular complexity index is 644. The number of aryl methyl sites for hydroxylation is 1. The van der Waals surface area contributed by atoms with E-state index in [1.54, 1.807) is 7.11 Å². The molecule has 0 heterocycles. The fourth-order valence-electron chi connectivity index (χ4n) is 3.14. The lowest BCUT2D eigenvalue weighted by Crippen LogP contribution is -2.12. The molecule has 140 valence electrons. The van der Waals surface area contributed by atoms with Gasteiger partial charge in [0.05, 0.1) is 13.2 Å². The zero-order chi connectivity index (χ0) is 18.6. The molecular weight excluding hydrogens is 320 g/mol. The van der Waals surface area contributed by atoms with Crippen LogP contribution in [0.3, 0.4) is 0 Å². The van der Waals surface area contributed by atoms with E-state index in [2.05, 4.69) is 49.4 Å². The van der Waals surface area contributed by atoms with Crippen LogP contribution in [0.15, 0.2) is 60.2 Å². The van der Waals surface area contributed by atoms with Crippen LogP contribution in [0.2, 0.25) is 0 Å². The third kappa shape index (κ3) is 7.05. The molecule has 1 N–H and O–H groups in total. The zero-order valence-corrected chi connectivity index (χ0v) is 16.2. The van der Waals surface area contributed by atoms with Gasteiger partial charge in [-0.15, -0.1) is 0 Å². The second-order valence-corrected chi connectivity index (χ2v) is 6.84. The van der Waals surface area contributed by atoms with Crippen LogP contribution in [-0.2, 0) is 6.42 Å². The highest BCUT2D eigenvalue weighted by Gasteiger charge is 2.11. The molecule has 2 aromatic rings. The highest BCUT2D eigenvalue weighted by molar-refractivity contribution is 5.55. The first-order valence-corrected chi connectivity index (χ1v) is 9.79. The van der Waals surface area contributed by atoms with Gasteiger partial charge in [-0.25, -0.2) is 0 Å². The maximum Gasteiger partial charge on any atom is 0.118 e. The first-order chi connectivity index (χ1) is 12.7. The molecule has 0 fully saturated rings. The minimum absolute atomic E-state index is 0.390. The first-order valence-electron chi connectivity index (χ1n) is 9.79. The lowest BCUT2D eigenvalue weighted by molar-refractivity contribution is 0.197.